The molecule has 0 aliphatic rings. The quantitative estimate of drug-likeness (QED) is 0.909. The van der Waals surface area contributed by atoms with E-state index >= 15 is 0 Å². The zero-order valence-electron chi connectivity index (χ0n) is 13.4. The molecule has 0 fully saturated rings. The molecule has 0 aliphatic carbocycles. The summed E-state index contributed by atoms with van der Waals surface area (Å²) in [6.07, 6.45) is 1.81. The van der Waals surface area contributed by atoms with Crippen molar-refractivity contribution in [3.8, 4) is 0 Å². The molecule has 6 heteroatoms. The molecule has 23 heavy (non-hydrogen) atoms. The first kappa shape index (κ1) is 17.0. The van der Waals surface area contributed by atoms with Gasteiger partial charge in [0.1, 0.15) is 11.6 Å². The maximum Gasteiger partial charge on any atom is 0.227 e. The summed E-state index contributed by atoms with van der Waals surface area (Å²) < 4.78 is 13.1. The van der Waals surface area contributed by atoms with E-state index in [1.54, 1.807) is 6.07 Å². The molecule has 5 nitrogen and oxygen atoms in total. The van der Waals surface area contributed by atoms with E-state index in [-0.39, 0.29) is 11.8 Å². The third-order valence-electron chi connectivity index (χ3n) is 3.22. The van der Waals surface area contributed by atoms with E-state index in [2.05, 4.69) is 15.3 Å². The molecule has 2 N–H and O–H groups in total. The number of amides is 1. The Bertz CT molecular complexity index is 681. The highest BCUT2D eigenvalue weighted by atomic mass is 19.1. The van der Waals surface area contributed by atoms with Gasteiger partial charge in [0, 0.05) is 5.41 Å². The van der Waals surface area contributed by atoms with Crippen molar-refractivity contribution in [1.82, 2.24) is 9.97 Å². The van der Waals surface area contributed by atoms with Crippen molar-refractivity contribution >= 4 is 11.6 Å². The number of rotatable bonds is 4. The summed E-state index contributed by atoms with van der Waals surface area (Å²) in [5, 5.41) is 12.6. The molecular weight excluding hydrogens is 297 g/mol. The van der Waals surface area contributed by atoms with Crippen molar-refractivity contribution in [2.45, 2.75) is 38.7 Å². The van der Waals surface area contributed by atoms with Gasteiger partial charge in [0.2, 0.25) is 5.91 Å². The van der Waals surface area contributed by atoms with Crippen LogP contribution < -0.4 is 5.32 Å². The second-order valence-electron chi connectivity index (χ2n) is 6.37. The predicted molar refractivity (Wildman–Crippen MR) is 85.3 cm³/mol. The summed E-state index contributed by atoms with van der Waals surface area (Å²) in [5.74, 6) is -0.169. The Labute approximate surface area is 134 Å². The van der Waals surface area contributed by atoms with Crippen LogP contribution in [0.1, 0.15) is 44.7 Å². The highest BCUT2D eigenvalue weighted by Crippen LogP contribution is 2.20. The highest BCUT2D eigenvalue weighted by molar-refractivity contribution is 5.90. The SMILES string of the molecule is CC(C)(C)c1ncc(NC(=O)CC(O)c2cccc(F)c2)cn1. The van der Waals surface area contributed by atoms with Crippen LogP contribution in [-0.2, 0) is 10.2 Å². The van der Waals surface area contributed by atoms with E-state index in [0.29, 0.717) is 17.1 Å². The van der Waals surface area contributed by atoms with Gasteiger partial charge in [0.05, 0.1) is 30.6 Å². The minimum absolute atomic E-state index is 0.171. The van der Waals surface area contributed by atoms with E-state index in [4.69, 9.17) is 0 Å². The molecule has 0 spiro atoms. The third kappa shape index (κ3) is 4.82. The van der Waals surface area contributed by atoms with Gasteiger partial charge in [-0.2, -0.15) is 0 Å². The Morgan fingerprint density at radius 1 is 1.30 bits per heavy atom. The Morgan fingerprint density at radius 2 is 1.96 bits per heavy atom. The lowest BCUT2D eigenvalue weighted by molar-refractivity contribution is -0.118. The van der Waals surface area contributed by atoms with Crippen LogP contribution in [0.25, 0.3) is 0 Å². The van der Waals surface area contributed by atoms with E-state index in [1.165, 1.54) is 30.6 Å². The number of aliphatic hydroxyl groups is 1. The van der Waals surface area contributed by atoms with Gasteiger partial charge >= 0.3 is 0 Å². The zero-order valence-corrected chi connectivity index (χ0v) is 13.4. The molecule has 1 unspecified atom stereocenters. The molecule has 1 atom stereocenters. The van der Waals surface area contributed by atoms with Crippen molar-refractivity contribution < 1.29 is 14.3 Å². The first-order valence-corrected chi connectivity index (χ1v) is 7.31. The Morgan fingerprint density at radius 3 is 2.52 bits per heavy atom. The van der Waals surface area contributed by atoms with Crippen LogP contribution in [0.2, 0.25) is 0 Å². The van der Waals surface area contributed by atoms with Gasteiger partial charge in [0.25, 0.3) is 0 Å². The second kappa shape index (κ2) is 6.83. The lowest BCUT2D eigenvalue weighted by Gasteiger charge is -2.16. The largest absolute Gasteiger partial charge is 0.388 e. The van der Waals surface area contributed by atoms with Gasteiger partial charge in [-0.15, -0.1) is 0 Å². The lowest BCUT2D eigenvalue weighted by Crippen LogP contribution is -2.18. The number of carbonyl (C=O) groups is 1. The van der Waals surface area contributed by atoms with Gasteiger partial charge < -0.3 is 10.4 Å². The fraction of sp³-hybridized carbons (Fsp3) is 0.353. The molecule has 1 aromatic heterocycles. The number of nitrogens with one attached hydrogen (secondary N) is 1. The van der Waals surface area contributed by atoms with Crippen LogP contribution in [0, 0.1) is 5.82 Å². The summed E-state index contributed by atoms with van der Waals surface area (Å²) in [6.45, 7) is 5.99. The molecule has 2 rings (SSSR count). The van der Waals surface area contributed by atoms with Gasteiger partial charge in [-0.25, -0.2) is 14.4 Å². The summed E-state index contributed by atoms with van der Waals surface area (Å²) in [4.78, 5) is 20.4. The first-order valence-electron chi connectivity index (χ1n) is 7.31. The van der Waals surface area contributed by atoms with Crippen LogP contribution >= 0.6 is 0 Å². The van der Waals surface area contributed by atoms with Crippen molar-refractivity contribution in [2.24, 2.45) is 0 Å². The lowest BCUT2D eigenvalue weighted by atomic mass is 9.96. The molecule has 1 heterocycles. The average molecular weight is 317 g/mol. The van der Waals surface area contributed by atoms with Crippen molar-refractivity contribution in [1.29, 1.82) is 0 Å². The Balaban J connectivity index is 1.97. The smallest absolute Gasteiger partial charge is 0.227 e. The summed E-state index contributed by atoms with van der Waals surface area (Å²) in [6, 6.07) is 5.55. The van der Waals surface area contributed by atoms with Crippen molar-refractivity contribution in [2.75, 3.05) is 5.32 Å². The number of hydrogen-bond donors (Lipinski definition) is 2. The van der Waals surface area contributed by atoms with Crippen LogP contribution in [0.4, 0.5) is 10.1 Å². The second-order valence-corrected chi connectivity index (χ2v) is 6.37. The minimum Gasteiger partial charge on any atom is -0.388 e. The van der Waals surface area contributed by atoms with Gasteiger partial charge in [-0.1, -0.05) is 32.9 Å². The topological polar surface area (TPSA) is 75.1 Å². The maximum absolute atomic E-state index is 13.1. The molecule has 0 bridgehead atoms. The molecular formula is C17H20FN3O2. The van der Waals surface area contributed by atoms with Crippen LogP contribution in [0.15, 0.2) is 36.7 Å². The maximum atomic E-state index is 13.1. The number of aromatic nitrogens is 2. The monoisotopic (exact) mass is 317 g/mol. The number of anilines is 1. The van der Waals surface area contributed by atoms with Crippen LogP contribution in [0.3, 0.4) is 0 Å². The molecule has 0 saturated carbocycles. The average Bonchev–Trinajstić information content (AvgIpc) is 2.46. The fourth-order valence-corrected chi connectivity index (χ4v) is 2.00. The normalized spacial score (nSPS) is 12.7. The summed E-state index contributed by atoms with van der Waals surface area (Å²) >= 11 is 0. The number of aliphatic hydroxyl groups excluding tert-OH is 1. The first-order chi connectivity index (χ1) is 10.8. The molecule has 0 saturated heterocycles. The van der Waals surface area contributed by atoms with Gasteiger partial charge in [0.15, 0.2) is 0 Å². The molecule has 1 aromatic carbocycles. The number of hydrogen-bond acceptors (Lipinski definition) is 4. The standard InChI is InChI=1S/C17H20FN3O2/c1-17(2,3)16-19-9-13(10-20-16)21-15(23)8-14(22)11-5-4-6-12(18)7-11/h4-7,9-10,14,22H,8H2,1-3H3,(H,21,23). The van der Waals surface area contributed by atoms with Crippen LogP contribution in [0.5, 0.6) is 0 Å². The Hall–Kier alpha value is -2.34. The molecule has 0 radical (unpaired) electrons. The zero-order chi connectivity index (χ0) is 17.0. The van der Waals surface area contributed by atoms with E-state index in [0.717, 1.165) is 0 Å². The number of benzene rings is 1. The molecule has 0 aliphatic heterocycles. The van der Waals surface area contributed by atoms with E-state index < -0.39 is 17.8 Å². The molecule has 2 aromatic rings. The number of carbonyl (C=O) groups excluding carboxylic acids is 1. The predicted octanol–water partition coefficient (Wildman–Crippen LogP) is 2.98. The summed E-state index contributed by atoms with van der Waals surface area (Å²) in [7, 11) is 0. The highest BCUT2D eigenvalue weighted by Gasteiger charge is 2.17. The van der Waals surface area contributed by atoms with Crippen molar-refractivity contribution in [3.05, 3.63) is 53.9 Å². The van der Waals surface area contributed by atoms with Crippen LogP contribution in [-0.4, -0.2) is 21.0 Å². The summed E-state index contributed by atoms with van der Waals surface area (Å²) in [5.41, 5.74) is 0.643. The molecule has 1 amide bonds. The number of nitrogens with zero attached hydrogens (tertiary/aromatic N) is 2. The van der Waals surface area contributed by atoms with E-state index in [1.807, 2.05) is 20.8 Å². The van der Waals surface area contributed by atoms with E-state index in [9.17, 15) is 14.3 Å². The van der Waals surface area contributed by atoms with Crippen molar-refractivity contribution in [3.63, 3.8) is 0 Å². The third-order valence-corrected chi connectivity index (χ3v) is 3.22. The fourth-order valence-electron chi connectivity index (χ4n) is 2.00. The molecule has 122 valence electrons. The Kier molecular flexibility index (Phi) is 5.05. The minimum atomic E-state index is -1.07. The number of halogens is 1. The van der Waals surface area contributed by atoms with Gasteiger partial charge in [-0.05, 0) is 17.7 Å². The van der Waals surface area contributed by atoms with Gasteiger partial charge in [-0.3, -0.25) is 4.79 Å².